The van der Waals surface area contributed by atoms with Crippen molar-refractivity contribution < 1.29 is 9.13 Å². The maximum Gasteiger partial charge on any atom is 0.190 e. The lowest BCUT2D eigenvalue weighted by molar-refractivity contribution is 0.0342. The minimum absolute atomic E-state index is 0.198. The summed E-state index contributed by atoms with van der Waals surface area (Å²) in [6, 6.07) is 13.7. The van der Waals surface area contributed by atoms with Crippen LogP contribution in [-0.4, -0.2) is 35.8 Å². The summed E-state index contributed by atoms with van der Waals surface area (Å²) in [5.41, 5.74) is 5.07. The number of hydrogen-bond acceptors (Lipinski definition) is 4. The summed E-state index contributed by atoms with van der Waals surface area (Å²) in [6.07, 6.45) is 0. The van der Waals surface area contributed by atoms with Crippen molar-refractivity contribution in [1.82, 2.24) is 9.47 Å². The molecule has 4 rings (SSSR count). The monoisotopic (exact) mass is 411 g/mol. The van der Waals surface area contributed by atoms with Crippen LogP contribution in [0.3, 0.4) is 0 Å². The molecule has 1 saturated heterocycles. The maximum absolute atomic E-state index is 13.6. The second-order valence-electron chi connectivity index (χ2n) is 7.28. The highest BCUT2D eigenvalue weighted by molar-refractivity contribution is 7.07. The van der Waals surface area contributed by atoms with Gasteiger partial charge in [-0.15, -0.1) is 11.3 Å². The predicted molar refractivity (Wildman–Crippen MR) is 116 cm³/mol. The van der Waals surface area contributed by atoms with E-state index in [0.717, 1.165) is 49.9 Å². The first-order valence-corrected chi connectivity index (χ1v) is 10.9. The predicted octanol–water partition coefficient (Wildman–Crippen LogP) is 4.75. The van der Waals surface area contributed by atoms with Crippen LogP contribution in [0.2, 0.25) is 0 Å². The van der Waals surface area contributed by atoms with Gasteiger partial charge < -0.3 is 9.30 Å². The molecule has 4 nitrogen and oxygen atoms in total. The number of rotatable bonds is 5. The molecule has 1 fully saturated rings. The summed E-state index contributed by atoms with van der Waals surface area (Å²) in [5.74, 6) is -0.198. The lowest BCUT2D eigenvalue weighted by Crippen LogP contribution is -2.35. The molecule has 2 heterocycles. The molecule has 1 aromatic heterocycles. The van der Waals surface area contributed by atoms with Gasteiger partial charge in [-0.1, -0.05) is 18.2 Å². The Labute approximate surface area is 174 Å². The number of aryl methyl sites for hydroxylation is 1. The standard InChI is InChI=1S/C23H26FN3OS/c1-3-27-22(16-29-23(27)25-20-7-8-21(24)17(2)13-20)19-6-4-5-18(14-19)15-26-9-11-28-12-10-26/h4-8,13-14,16H,3,9-12,15H2,1-2H3. The molecule has 0 saturated carbocycles. The molecule has 6 heteroatoms. The van der Waals surface area contributed by atoms with Gasteiger partial charge in [0.1, 0.15) is 5.82 Å². The van der Waals surface area contributed by atoms with Gasteiger partial charge in [0.15, 0.2) is 4.80 Å². The van der Waals surface area contributed by atoms with E-state index in [-0.39, 0.29) is 5.82 Å². The van der Waals surface area contributed by atoms with Crippen LogP contribution in [0.15, 0.2) is 52.8 Å². The number of aromatic nitrogens is 1. The zero-order valence-electron chi connectivity index (χ0n) is 16.9. The molecule has 0 atom stereocenters. The number of benzene rings is 2. The minimum Gasteiger partial charge on any atom is -0.379 e. The molecular weight excluding hydrogens is 385 g/mol. The third-order valence-corrected chi connectivity index (χ3v) is 6.08. The number of morpholine rings is 1. The Morgan fingerprint density at radius 2 is 1.97 bits per heavy atom. The highest BCUT2D eigenvalue weighted by atomic mass is 32.1. The Balaban J connectivity index is 1.64. The summed E-state index contributed by atoms with van der Waals surface area (Å²) in [7, 11) is 0. The topological polar surface area (TPSA) is 29.8 Å². The van der Waals surface area contributed by atoms with Crippen LogP contribution in [0.4, 0.5) is 10.1 Å². The van der Waals surface area contributed by atoms with Crippen LogP contribution in [0.5, 0.6) is 0 Å². The number of thiazole rings is 1. The van der Waals surface area contributed by atoms with E-state index in [0.29, 0.717) is 5.56 Å². The minimum atomic E-state index is -0.198. The number of ether oxygens (including phenoxy) is 1. The molecule has 0 amide bonds. The molecule has 1 aliphatic rings. The van der Waals surface area contributed by atoms with Crippen molar-refractivity contribution in [1.29, 1.82) is 0 Å². The zero-order valence-corrected chi connectivity index (χ0v) is 17.7. The van der Waals surface area contributed by atoms with E-state index in [1.807, 2.05) is 0 Å². The highest BCUT2D eigenvalue weighted by Crippen LogP contribution is 2.23. The van der Waals surface area contributed by atoms with E-state index in [1.54, 1.807) is 30.4 Å². The number of hydrogen-bond donors (Lipinski definition) is 0. The first kappa shape index (κ1) is 20.0. The van der Waals surface area contributed by atoms with Gasteiger partial charge in [-0.3, -0.25) is 4.90 Å². The summed E-state index contributed by atoms with van der Waals surface area (Å²) < 4.78 is 21.2. The Morgan fingerprint density at radius 1 is 1.14 bits per heavy atom. The molecule has 3 aromatic rings. The lowest BCUT2D eigenvalue weighted by atomic mass is 10.1. The number of halogens is 1. The average molecular weight is 412 g/mol. The van der Waals surface area contributed by atoms with Crippen molar-refractivity contribution in [2.45, 2.75) is 26.9 Å². The second kappa shape index (κ2) is 9.03. The van der Waals surface area contributed by atoms with E-state index in [4.69, 9.17) is 9.73 Å². The van der Waals surface area contributed by atoms with E-state index in [2.05, 4.69) is 46.0 Å². The molecule has 0 aliphatic carbocycles. The molecule has 0 spiro atoms. The molecule has 152 valence electrons. The fourth-order valence-electron chi connectivity index (χ4n) is 3.61. The Hall–Kier alpha value is -2.28. The smallest absolute Gasteiger partial charge is 0.190 e. The van der Waals surface area contributed by atoms with Crippen LogP contribution in [-0.2, 0) is 17.8 Å². The van der Waals surface area contributed by atoms with Crippen molar-refractivity contribution in [2.75, 3.05) is 26.3 Å². The van der Waals surface area contributed by atoms with Crippen LogP contribution >= 0.6 is 11.3 Å². The van der Waals surface area contributed by atoms with Crippen LogP contribution < -0.4 is 4.80 Å². The first-order valence-electron chi connectivity index (χ1n) is 10.0. The van der Waals surface area contributed by atoms with Gasteiger partial charge in [-0.25, -0.2) is 9.38 Å². The van der Waals surface area contributed by atoms with Crippen molar-refractivity contribution in [2.24, 2.45) is 4.99 Å². The van der Waals surface area contributed by atoms with Gasteiger partial charge in [-0.05, 0) is 54.8 Å². The van der Waals surface area contributed by atoms with Crippen LogP contribution in [0, 0.1) is 12.7 Å². The van der Waals surface area contributed by atoms with Gasteiger partial charge in [0.25, 0.3) is 0 Å². The maximum atomic E-state index is 13.6. The Kier molecular flexibility index (Phi) is 6.23. The average Bonchev–Trinajstić information content (AvgIpc) is 3.14. The summed E-state index contributed by atoms with van der Waals surface area (Å²) in [5, 5.41) is 2.16. The van der Waals surface area contributed by atoms with E-state index in [1.165, 1.54) is 22.9 Å². The van der Waals surface area contributed by atoms with Crippen molar-refractivity contribution >= 4 is 17.0 Å². The first-order chi connectivity index (χ1) is 14.1. The molecule has 2 aromatic carbocycles. The Bertz CT molecular complexity index is 1050. The molecule has 0 bridgehead atoms. The van der Waals surface area contributed by atoms with Gasteiger partial charge in [0.05, 0.1) is 24.6 Å². The molecule has 29 heavy (non-hydrogen) atoms. The third kappa shape index (κ3) is 4.66. The SMILES string of the molecule is CCn1c(-c2cccc(CN3CCOCC3)c2)csc1=Nc1ccc(F)c(C)c1. The summed E-state index contributed by atoms with van der Waals surface area (Å²) >= 11 is 1.62. The normalized spacial score (nSPS) is 15.8. The van der Waals surface area contributed by atoms with Crippen LogP contribution in [0.25, 0.3) is 11.3 Å². The van der Waals surface area contributed by atoms with E-state index >= 15 is 0 Å². The molecule has 0 N–H and O–H groups in total. The van der Waals surface area contributed by atoms with Gasteiger partial charge in [0.2, 0.25) is 0 Å². The highest BCUT2D eigenvalue weighted by Gasteiger charge is 2.12. The summed E-state index contributed by atoms with van der Waals surface area (Å²) in [6.45, 7) is 9.26. The molecular formula is C23H26FN3OS. The fourth-order valence-corrected chi connectivity index (χ4v) is 4.60. The van der Waals surface area contributed by atoms with Crippen LogP contribution in [0.1, 0.15) is 18.1 Å². The largest absolute Gasteiger partial charge is 0.379 e. The van der Waals surface area contributed by atoms with E-state index < -0.39 is 0 Å². The van der Waals surface area contributed by atoms with Gasteiger partial charge in [-0.2, -0.15) is 0 Å². The van der Waals surface area contributed by atoms with Gasteiger partial charge >= 0.3 is 0 Å². The third-order valence-electron chi connectivity index (χ3n) is 5.21. The number of nitrogens with zero attached hydrogens (tertiary/aromatic N) is 3. The molecule has 0 radical (unpaired) electrons. The molecule has 0 unspecified atom stereocenters. The zero-order chi connectivity index (χ0) is 20.2. The Morgan fingerprint density at radius 3 is 2.72 bits per heavy atom. The van der Waals surface area contributed by atoms with Gasteiger partial charge in [0, 0.05) is 31.6 Å². The molecule has 1 aliphatic heterocycles. The summed E-state index contributed by atoms with van der Waals surface area (Å²) in [4.78, 5) is 8.12. The quantitative estimate of drug-likeness (QED) is 0.606. The second-order valence-corrected chi connectivity index (χ2v) is 8.12. The lowest BCUT2D eigenvalue weighted by Gasteiger charge is -2.26. The van der Waals surface area contributed by atoms with Crippen molar-refractivity contribution in [3.05, 3.63) is 69.6 Å². The fraction of sp³-hybridized carbons (Fsp3) is 0.348. The van der Waals surface area contributed by atoms with E-state index in [9.17, 15) is 4.39 Å². The van der Waals surface area contributed by atoms with Crippen molar-refractivity contribution in [3.8, 4) is 11.3 Å². The van der Waals surface area contributed by atoms with Crippen molar-refractivity contribution in [3.63, 3.8) is 0 Å².